The monoisotopic (exact) mass is 292 g/mol. The highest BCUT2D eigenvalue weighted by Crippen LogP contribution is 2.30. The molecular formula is C17H25ClN2. The first-order valence-corrected chi connectivity index (χ1v) is 8.41. The maximum absolute atomic E-state index is 6.44. The predicted molar refractivity (Wildman–Crippen MR) is 86.5 cm³/mol. The van der Waals surface area contributed by atoms with Crippen LogP contribution in [0.15, 0.2) is 18.2 Å². The zero-order valence-electron chi connectivity index (χ0n) is 12.4. The minimum absolute atomic E-state index is 0.735. The van der Waals surface area contributed by atoms with Crippen LogP contribution < -0.4 is 10.2 Å². The van der Waals surface area contributed by atoms with Gasteiger partial charge in [-0.25, -0.2) is 0 Å². The van der Waals surface area contributed by atoms with E-state index in [4.69, 9.17) is 11.6 Å². The summed E-state index contributed by atoms with van der Waals surface area (Å²) >= 11 is 6.44. The maximum Gasteiger partial charge on any atom is 0.0471 e. The molecule has 1 unspecified atom stereocenters. The standard InChI is InChI=1S/C17H25ClN2/c1-2-3-13-8-9-20(12-13)16-7-4-14(17(18)10-16)11-19-15-5-6-15/h4,7,10,13,15,19H,2-3,5-6,8-9,11-12H2,1H3. The fourth-order valence-electron chi connectivity index (χ4n) is 3.13. The number of nitrogens with one attached hydrogen (secondary N) is 1. The fraction of sp³-hybridized carbons (Fsp3) is 0.647. The molecule has 0 radical (unpaired) electrons. The first-order chi connectivity index (χ1) is 9.76. The van der Waals surface area contributed by atoms with Gasteiger partial charge in [-0.2, -0.15) is 0 Å². The van der Waals surface area contributed by atoms with Crippen LogP contribution >= 0.6 is 11.6 Å². The molecule has 2 fully saturated rings. The fourth-order valence-corrected chi connectivity index (χ4v) is 3.37. The van der Waals surface area contributed by atoms with Crippen molar-refractivity contribution in [3.63, 3.8) is 0 Å². The molecule has 3 heteroatoms. The molecule has 0 bridgehead atoms. The molecule has 1 aromatic rings. The Morgan fingerprint density at radius 3 is 2.85 bits per heavy atom. The summed E-state index contributed by atoms with van der Waals surface area (Å²) < 4.78 is 0. The van der Waals surface area contributed by atoms with E-state index in [1.54, 1.807) is 0 Å². The number of rotatable bonds is 6. The first-order valence-electron chi connectivity index (χ1n) is 8.03. The SMILES string of the molecule is CCCC1CCN(c2ccc(CNC3CC3)c(Cl)c2)C1. The van der Waals surface area contributed by atoms with Gasteiger partial charge in [-0.15, -0.1) is 0 Å². The second kappa shape index (κ2) is 6.36. The minimum Gasteiger partial charge on any atom is -0.371 e. The van der Waals surface area contributed by atoms with E-state index in [1.165, 1.54) is 56.4 Å². The lowest BCUT2D eigenvalue weighted by Gasteiger charge is -2.20. The largest absolute Gasteiger partial charge is 0.371 e. The zero-order valence-corrected chi connectivity index (χ0v) is 13.1. The lowest BCUT2D eigenvalue weighted by atomic mass is 10.0. The number of hydrogen-bond acceptors (Lipinski definition) is 2. The van der Waals surface area contributed by atoms with E-state index < -0.39 is 0 Å². The summed E-state index contributed by atoms with van der Waals surface area (Å²) in [5, 5.41) is 4.44. The normalized spacial score (nSPS) is 22.5. The summed E-state index contributed by atoms with van der Waals surface area (Å²) in [5.74, 6) is 0.870. The molecule has 1 aromatic carbocycles. The Morgan fingerprint density at radius 1 is 1.30 bits per heavy atom. The molecule has 2 aliphatic rings. The van der Waals surface area contributed by atoms with Crippen LogP contribution in [-0.4, -0.2) is 19.1 Å². The maximum atomic E-state index is 6.44. The summed E-state index contributed by atoms with van der Waals surface area (Å²) in [6.07, 6.45) is 6.62. The summed E-state index contributed by atoms with van der Waals surface area (Å²) in [5.41, 5.74) is 2.52. The molecule has 1 aliphatic heterocycles. The van der Waals surface area contributed by atoms with Crippen LogP contribution in [-0.2, 0) is 6.54 Å². The first kappa shape index (κ1) is 14.2. The quantitative estimate of drug-likeness (QED) is 0.844. The molecule has 0 amide bonds. The van der Waals surface area contributed by atoms with Gasteiger partial charge in [-0.05, 0) is 49.3 Å². The van der Waals surface area contributed by atoms with Gasteiger partial charge in [-0.1, -0.05) is 31.0 Å². The van der Waals surface area contributed by atoms with Gasteiger partial charge in [0.05, 0.1) is 0 Å². The number of nitrogens with zero attached hydrogens (tertiary/aromatic N) is 1. The van der Waals surface area contributed by atoms with Gasteiger partial charge in [0.25, 0.3) is 0 Å². The van der Waals surface area contributed by atoms with Crippen LogP contribution in [0.25, 0.3) is 0 Å². The van der Waals surface area contributed by atoms with Crippen molar-refractivity contribution in [2.75, 3.05) is 18.0 Å². The van der Waals surface area contributed by atoms with Gasteiger partial charge in [-0.3, -0.25) is 0 Å². The van der Waals surface area contributed by atoms with Gasteiger partial charge in [0.2, 0.25) is 0 Å². The van der Waals surface area contributed by atoms with E-state index in [9.17, 15) is 0 Å². The van der Waals surface area contributed by atoms with Crippen LogP contribution in [0.1, 0.15) is 44.6 Å². The minimum atomic E-state index is 0.735. The highest BCUT2D eigenvalue weighted by Gasteiger charge is 2.23. The Kier molecular flexibility index (Phi) is 4.52. The molecule has 1 atom stereocenters. The van der Waals surface area contributed by atoms with Crippen molar-refractivity contribution < 1.29 is 0 Å². The highest BCUT2D eigenvalue weighted by atomic mass is 35.5. The Morgan fingerprint density at radius 2 is 2.15 bits per heavy atom. The number of halogens is 1. The van der Waals surface area contributed by atoms with Crippen molar-refractivity contribution in [1.29, 1.82) is 0 Å². The third kappa shape index (κ3) is 3.48. The molecule has 2 nitrogen and oxygen atoms in total. The Bertz CT molecular complexity index is 456. The van der Waals surface area contributed by atoms with E-state index in [2.05, 4.69) is 35.3 Å². The number of benzene rings is 1. The molecule has 1 saturated heterocycles. The van der Waals surface area contributed by atoms with Crippen molar-refractivity contribution in [1.82, 2.24) is 5.32 Å². The summed E-state index contributed by atoms with van der Waals surface area (Å²) in [6.45, 7) is 5.56. The Hall–Kier alpha value is -0.730. The van der Waals surface area contributed by atoms with Gasteiger partial charge in [0.15, 0.2) is 0 Å². The third-order valence-electron chi connectivity index (χ3n) is 4.54. The van der Waals surface area contributed by atoms with Crippen LogP contribution in [0, 0.1) is 5.92 Å². The lowest BCUT2D eigenvalue weighted by Crippen LogP contribution is -2.20. The summed E-state index contributed by atoms with van der Waals surface area (Å²) in [4.78, 5) is 2.49. The van der Waals surface area contributed by atoms with Gasteiger partial charge >= 0.3 is 0 Å². The van der Waals surface area contributed by atoms with Crippen LogP contribution in [0.2, 0.25) is 5.02 Å². The topological polar surface area (TPSA) is 15.3 Å². The van der Waals surface area contributed by atoms with Gasteiger partial charge < -0.3 is 10.2 Å². The molecular weight excluding hydrogens is 268 g/mol. The van der Waals surface area contributed by atoms with E-state index in [0.717, 1.165) is 23.5 Å². The molecule has 0 spiro atoms. The van der Waals surface area contributed by atoms with Crippen LogP contribution in [0.4, 0.5) is 5.69 Å². The molecule has 1 aliphatic carbocycles. The second-order valence-electron chi connectivity index (χ2n) is 6.32. The summed E-state index contributed by atoms with van der Waals surface area (Å²) in [7, 11) is 0. The number of anilines is 1. The molecule has 0 aromatic heterocycles. The van der Waals surface area contributed by atoms with Crippen LogP contribution in [0.5, 0.6) is 0 Å². The number of hydrogen-bond donors (Lipinski definition) is 1. The van der Waals surface area contributed by atoms with Crippen molar-refractivity contribution in [3.05, 3.63) is 28.8 Å². The van der Waals surface area contributed by atoms with Gasteiger partial charge in [0.1, 0.15) is 0 Å². The molecule has 20 heavy (non-hydrogen) atoms. The van der Waals surface area contributed by atoms with E-state index in [1.807, 2.05) is 0 Å². The van der Waals surface area contributed by atoms with E-state index in [0.29, 0.717) is 0 Å². The summed E-state index contributed by atoms with van der Waals surface area (Å²) in [6, 6.07) is 7.32. The third-order valence-corrected chi connectivity index (χ3v) is 4.89. The van der Waals surface area contributed by atoms with E-state index in [-0.39, 0.29) is 0 Å². The van der Waals surface area contributed by atoms with Crippen LogP contribution in [0.3, 0.4) is 0 Å². The average molecular weight is 293 g/mol. The predicted octanol–water partition coefficient (Wildman–Crippen LogP) is 4.22. The molecule has 1 N–H and O–H groups in total. The second-order valence-corrected chi connectivity index (χ2v) is 6.73. The molecule has 1 heterocycles. The molecule has 3 rings (SSSR count). The lowest BCUT2D eigenvalue weighted by molar-refractivity contribution is 0.530. The smallest absolute Gasteiger partial charge is 0.0471 e. The average Bonchev–Trinajstić information content (AvgIpc) is 3.16. The zero-order chi connectivity index (χ0) is 13.9. The highest BCUT2D eigenvalue weighted by molar-refractivity contribution is 6.31. The van der Waals surface area contributed by atoms with Gasteiger partial charge in [0, 0.05) is 36.4 Å². The molecule has 110 valence electrons. The van der Waals surface area contributed by atoms with Crippen molar-refractivity contribution in [2.45, 2.75) is 51.6 Å². The van der Waals surface area contributed by atoms with E-state index >= 15 is 0 Å². The Balaban J connectivity index is 1.61. The van der Waals surface area contributed by atoms with Crippen molar-refractivity contribution in [3.8, 4) is 0 Å². The van der Waals surface area contributed by atoms with Crippen molar-refractivity contribution >= 4 is 17.3 Å². The molecule has 1 saturated carbocycles. The van der Waals surface area contributed by atoms with Crippen molar-refractivity contribution in [2.24, 2.45) is 5.92 Å². The Labute approximate surface area is 127 Å².